The van der Waals surface area contributed by atoms with Crippen LogP contribution in [-0.2, 0) is 9.53 Å². The zero-order valence-corrected chi connectivity index (χ0v) is 11.2. The molecule has 0 aliphatic rings. The average molecular weight is 265 g/mol. The molecule has 6 heteroatoms. The Kier molecular flexibility index (Phi) is 6.35. The van der Waals surface area contributed by atoms with Crippen molar-refractivity contribution in [3.05, 3.63) is 23.9 Å². The summed E-state index contributed by atoms with van der Waals surface area (Å²) in [6, 6.07) is 3.28. The fraction of sp³-hybridized carbons (Fsp3) is 0.462. The van der Waals surface area contributed by atoms with E-state index in [9.17, 15) is 9.59 Å². The van der Waals surface area contributed by atoms with E-state index in [1.807, 2.05) is 6.92 Å². The molecule has 1 aromatic heterocycles. The van der Waals surface area contributed by atoms with Crippen LogP contribution in [0.4, 0.5) is 5.82 Å². The molecule has 104 valence electrons. The molecule has 0 aliphatic heterocycles. The first-order valence-corrected chi connectivity index (χ1v) is 6.23. The van der Waals surface area contributed by atoms with E-state index in [2.05, 4.69) is 20.4 Å². The summed E-state index contributed by atoms with van der Waals surface area (Å²) in [5.74, 6) is -0.0476. The Hall–Kier alpha value is -2.11. The number of hydrogen-bond donors (Lipinski definition) is 2. The van der Waals surface area contributed by atoms with Gasteiger partial charge in [-0.2, -0.15) is 0 Å². The molecular formula is C13H19N3O3. The van der Waals surface area contributed by atoms with Gasteiger partial charge in [-0.3, -0.25) is 4.79 Å². The summed E-state index contributed by atoms with van der Waals surface area (Å²) in [6.07, 6.45) is 2.81. The lowest BCUT2D eigenvalue weighted by Gasteiger charge is -2.09. The number of aromatic nitrogens is 1. The molecular weight excluding hydrogens is 246 g/mol. The molecule has 0 aliphatic carbocycles. The molecule has 1 aromatic rings. The van der Waals surface area contributed by atoms with Crippen molar-refractivity contribution in [3.8, 4) is 0 Å². The third-order valence-corrected chi connectivity index (χ3v) is 2.43. The summed E-state index contributed by atoms with van der Waals surface area (Å²) in [4.78, 5) is 27.0. The number of carbonyl (C=O) groups is 2. The van der Waals surface area contributed by atoms with Crippen LogP contribution in [0.5, 0.6) is 0 Å². The van der Waals surface area contributed by atoms with Gasteiger partial charge in [0.2, 0.25) is 5.91 Å². The molecule has 0 radical (unpaired) electrons. The SMILES string of the molecule is CCCNC(=O)CCNc1ncccc1C(=O)OC. The van der Waals surface area contributed by atoms with E-state index < -0.39 is 5.97 Å². The number of methoxy groups -OCH3 is 1. The van der Waals surface area contributed by atoms with Gasteiger partial charge in [0.15, 0.2) is 0 Å². The van der Waals surface area contributed by atoms with Crippen LogP contribution in [0.1, 0.15) is 30.1 Å². The van der Waals surface area contributed by atoms with Crippen molar-refractivity contribution in [2.24, 2.45) is 0 Å². The van der Waals surface area contributed by atoms with E-state index >= 15 is 0 Å². The maximum absolute atomic E-state index is 11.5. The number of rotatable bonds is 7. The van der Waals surface area contributed by atoms with E-state index in [1.54, 1.807) is 18.3 Å². The highest BCUT2D eigenvalue weighted by Gasteiger charge is 2.12. The fourth-order valence-electron chi connectivity index (χ4n) is 1.47. The van der Waals surface area contributed by atoms with Crippen LogP contribution in [0, 0.1) is 0 Å². The van der Waals surface area contributed by atoms with Crippen LogP contribution in [0.2, 0.25) is 0 Å². The summed E-state index contributed by atoms with van der Waals surface area (Å²) in [5.41, 5.74) is 0.360. The third-order valence-electron chi connectivity index (χ3n) is 2.43. The number of pyridine rings is 1. The van der Waals surface area contributed by atoms with E-state index in [1.165, 1.54) is 7.11 Å². The summed E-state index contributed by atoms with van der Waals surface area (Å²) >= 11 is 0. The first kappa shape index (κ1) is 14.9. The minimum absolute atomic E-state index is 0.0232. The van der Waals surface area contributed by atoms with Crippen molar-refractivity contribution >= 4 is 17.7 Å². The Morgan fingerprint density at radius 3 is 2.84 bits per heavy atom. The molecule has 19 heavy (non-hydrogen) atoms. The summed E-state index contributed by atoms with van der Waals surface area (Å²) < 4.78 is 4.66. The lowest BCUT2D eigenvalue weighted by atomic mass is 10.2. The summed E-state index contributed by atoms with van der Waals surface area (Å²) in [6.45, 7) is 3.08. The van der Waals surface area contributed by atoms with Crippen LogP contribution in [-0.4, -0.2) is 37.1 Å². The van der Waals surface area contributed by atoms with Gasteiger partial charge in [-0.05, 0) is 18.6 Å². The zero-order valence-electron chi connectivity index (χ0n) is 11.2. The van der Waals surface area contributed by atoms with Gasteiger partial charge >= 0.3 is 5.97 Å². The number of carbonyl (C=O) groups excluding carboxylic acids is 2. The van der Waals surface area contributed by atoms with Gasteiger partial charge in [0.05, 0.1) is 7.11 Å². The van der Waals surface area contributed by atoms with Crippen molar-refractivity contribution in [2.45, 2.75) is 19.8 Å². The quantitative estimate of drug-likeness (QED) is 0.724. The number of hydrogen-bond acceptors (Lipinski definition) is 5. The van der Waals surface area contributed by atoms with Crippen LogP contribution in [0.15, 0.2) is 18.3 Å². The molecule has 0 aromatic carbocycles. The molecule has 2 N–H and O–H groups in total. The largest absolute Gasteiger partial charge is 0.465 e. The molecule has 1 rings (SSSR count). The monoisotopic (exact) mass is 265 g/mol. The van der Waals surface area contributed by atoms with Crippen molar-refractivity contribution in [3.63, 3.8) is 0 Å². The average Bonchev–Trinajstić information content (AvgIpc) is 2.44. The lowest BCUT2D eigenvalue weighted by Crippen LogP contribution is -2.26. The standard InChI is InChI=1S/C13H19N3O3/c1-3-7-14-11(17)6-9-16-12-10(13(18)19-2)5-4-8-15-12/h4-5,8H,3,6-7,9H2,1-2H3,(H,14,17)(H,15,16). The molecule has 0 bridgehead atoms. The van der Waals surface area contributed by atoms with Crippen molar-refractivity contribution < 1.29 is 14.3 Å². The topological polar surface area (TPSA) is 80.3 Å². The Morgan fingerprint density at radius 2 is 2.16 bits per heavy atom. The smallest absolute Gasteiger partial charge is 0.341 e. The van der Waals surface area contributed by atoms with Gasteiger partial charge in [0, 0.05) is 25.7 Å². The van der Waals surface area contributed by atoms with Gasteiger partial charge in [0.25, 0.3) is 0 Å². The number of amides is 1. The maximum Gasteiger partial charge on any atom is 0.341 e. The minimum atomic E-state index is -0.453. The van der Waals surface area contributed by atoms with Gasteiger partial charge in [-0.1, -0.05) is 6.92 Å². The molecule has 0 saturated heterocycles. The van der Waals surface area contributed by atoms with Crippen LogP contribution in [0.25, 0.3) is 0 Å². The first-order valence-electron chi connectivity index (χ1n) is 6.23. The molecule has 1 amide bonds. The highest BCUT2D eigenvalue weighted by Crippen LogP contribution is 2.12. The van der Waals surface area contributed by atoms with Crippen LogP contribution < -0.4 is 10.6 Å². The Bertz CT molecular complexity index is 435. The molecule has 0 atom stereocenters. The Balaban J connectivity index is 2.49. The Labute approximate surface area is 112 Å². The van der Waals surface area contributed by atoms with Crippen LogP contribution in [0.3, 0.4) is 0 Å². The predicted molar refractivity (Wildman–Crippen MR) is 72.0 cm³/mol. The second kappa shape index (κ2) is 8.07. The van der Waals surface area contributed by atoms with Gasteiger partial charge in [0.1, 0.15) is 11.4 Å². The van der Waals surface area contributed by atoms with E-state index in [0.717, 1.165) is 6.42 Å². The number of ether oxygens (including phenoxy) is 1. The Morgan fingerprint density at radius 1 is 1.37 bits per heavy atom. The molecule has 0 saturated carbocycles. The van der Waals surface area contributed by atoms with Gasteiger partial charge in [-0.15, -0.1) is 0 Å². The van der Waals surface area contributed by atoms with Gasteiger partial charge in [-0.25, -0.2) is 9.78 Å². The zero-order chi connectivity index (χ0) is 14.1. The first-order chi connectivity index (χ1) is 9.19. The second-order valence-corrected chi connectivity index (χ2v) is 3.92. The lowest BCUT2D eigenvalue weighted by molar-refractivity contribution is -0.120. The number of anilines is 1. The van der Waals surface area contributed by atoms with Crippen molar-refractivity contribution in [1.82, 2.24) is 10.3 Å². The van der Waals surface area contributed by atoms with Crippen LogP contribution >= 0.6 is 0 Å². The fourth-order valence-corrected chi connectivity index (χ4v) is 1.47. The number of esters is 1. The van der Waals surface area contributed by atoms with Gasteiger partial charge < -0.3 is 15.4 Å². The molecule has 0 fully saturated rings. The van der Waals surface area contributed by atoms with E-state index in [4.69, 9.17) is 0 Å². The summed E-state index contributed by atoms with van der Waals surface area (Å²) in [7, 11) is 1.32. The third kappa shape index (κ3) is 4.95. The molecule has 6 nitrogen and oxygen atoms in total. The highest BCUT2D eigenvalue weighted by atomic mass is 16.5. The normalized spacial score (nSPS) is 9.79. The number of nitrogens with one attached hydrogen (secondary N) is 2. The minimum Gasteiger partial charge on any atom is -0.465 e. The molecule has 0 unspecified atom stereocenters. The highest BCUT2D eigenvalue weighted by molar-refractivity contribution is 5.94. The second-order valence-electron chi connectivity index (χ2n) is 3.92. The molecule has 1 heterocycles. The molecule has 0 spiro atoms. The van der Waals surface area contributed by atoms with Crippen molar-refractivity contribution in [2.75, 3.05) is 25.5 Å². The number of nitrogens with zero attached hydrogens (tertiary/aromatic N) is 1. The van der Waals surface area contributed by atoms with E-state index in [-0.39, 0.29) is 5.91 Å². The van der Waals surface area contributed by atoms with Crippen molar-refractivity contribution in [1.29, 1.82) is 0 Å². The maximum atomic E-state index is 11.5. The summed E-state index contributed by atoms with van der Waals surface area (Å²) in [5, 5.41) is 5.74. The van der Waals surface area contributed by atoms with E-state index in [0.29, 0.717) is 30.9 Å². The predicted octanol–water partition coefficient (Wildman–Crippen LogP) is 1.20.